The van der Waals surface area contributed by atoms with Gasteiger partial charge in [0, 0.05) is 13.0 Å². The SMILES string of the molecule is NC(CCNC(=O)C1Cc2ccccc21)=NO. The first-order valence-electron chi connectivity index (χ1n) is 5.54. The zero-order chi connectivity index (χ0) is 12.3. The largest absolute Gasteiger partial charge is 0.409 e. The van der Waals surface area contributed by atoms with Crippen LogP contribution in [-0.4, -0.2) is 23.5 Å². The van der Waals surface area contributed by atoms with Gasteiger partial charge in [0.05, 0.1) is 5.92 Å². The fraction of sp³-hybridized carbons (Fsp3) is 0.333. The molecule has 1 unspecified atom stereocenters. The molecule has 0 radical (unpaired) electrons. The number of nitrogens with zero attached hydrogens (tertiary/aromatic N) is 1. The number of carbonyl (C=O) groups excluding carboxylic acids is 1. The van der Waals surface area contributed by atoms with Gasteiger partial charge < -0.3 is 16.3 Å². The van der Waals surface area contributed by atoms with Crippen molar-refractivity contribution < 1.29 is 10.0 Å². The quantitative estimate of drug-likeness (QED) is 0.307. The van der Waals surface area contributed by atoms with Crippen LogP contribution in [0.5, 0.6) is 0 Å². The second-order valence-electron chi connectivity index (χ2n) is 4.09. The highest BCUT2D eigenvalue weighted by molar-refractivity contribution is 5.87. The van der Waals surface area contributed by atoms with Crippen LogP contribution in [0, 0.1) is 0 Å². The molecule has 0 bridgehead atoms. The molecule has 0 aromatic heterocycles. The molecule has 1 aromatic rings. The van der Waals surface area contributed by atoms with Gasteiger partial charge in [-0.1, -0.05) is 29.4 Å². The number of carbonyl (C=O) groups is 1. The number of oxime groups is 1. The number of amidine groups is 1. The maximum absolute atomic E-state index is 11.8. The molecule has 4 N–H and O–H groups in total. The molecule has 2 rings (SSSR count). The molecule has 90 valence electrons. The van der Waals surface area contributed by atoms with E-state index < -0.39 is 0 Å². The molecule has 5 heteroatoms. The summed E-state index contributed by atoms with van der Waals surface area (Å²) in [6.07, 6.45) is 1.15. The van der Waals surface area contributed by atoms with E-state index in [0.29, 0.717) is 13.0 Å². The van der Waals surface area contributed by atoms with E-state index in [4.69, 9.17) is 10.9 Å². The Morgan fingerprint density at radius 2 is 2.29 bits per heavy atom. The molecule has 0 fully saturated rings. The first-order chi connectivity index (χ1) is 8.22. The third-order valence-electron chi connectivity index (χ3n) is 2.98. The second-order valence-corrected chi connectivity index (χ2v) is 4.09. The Bertz CT molecular complexity index is 457. The van der Waals surface area contributed by atoms with E-state index in [1.54, 1.807) is 0 Å². The number of nitrogens with two attached hydrogens (primary N) is 1. The summed E-state index contributed by atoms with van der Waals surface area (Å²) in [7, 11) is 0. The van der Waals surface area contributed by atoms with Crippen LogP contribution in [0.15, 0.2) is 29.4 Å². The number of rotatable bonds is 4. The monoisotopic (exact) mass is 233 g/mol. The standard InChI is InChI=1S/C12H15N3O2/c13-11(15-17)5-6-14-12(16)10-7-8-3-1-2-4-9(8)10/h1-4,10,17H,5-7H2,(H2,13,15)(H,14,16). The van der Waals surface area contributed by atoms with Crippen LogP contribution in [0.25, 0.3) is 0 Å². The van der Waals surface area contributed by atoms with Gasteiger partial charge in [-0.3, -0.25) is 4.79 Å². The minimum Gasteiger partial charge on any atom is -0.409 e. The molecule has 1 aliphatic rings. The minimum absolute atomic E-state index is 0.00874. The van der Waals surface area contributed by atoms with E-state index in [0.717, 1.165) is 12.0 Å². The van der Waals surface area contributed by atoms with E-state index in [2.05, 4.69) is 10.5 Å². The van der Waals surface area contributed by atoms with Crippen molar-refractivity contribution in [2.24, 2.45) is 10.9 Å². The topological polar surface area (TPSA) is 87.7 Å². The van der Waals surface area contributed by atoms with Crippen molar-refractivity contribution in [1.82, 2.24) is 5.32 Å². The lowest BCUT2D eigenvalue weighted by Crippen LogP contribution is -2.36. The molecule has 0 heterocycles. The van der Waals surface area contributed by atoms with Crippen LogP contribution in [0.1, 0.15) is 23.5 Å². The highest BCUT2D eigenvalue weighted by Crippen LogP contribution is 2.34. The smallest absolute Gasteiger partial charge is 0.227 e. The number of amides is 1. The van der Waals surface area contributed by atoms with Gasteiger partial charge in [0.1, 0.15) is 5.84 Å². The van der Waals surface area contributed by atoms with Crippen molar-refractivity contribution in [2.75, 3.05) is 6.54 Å². The van der Waals surface area contributed by atoms with Gasteiger partial charge >= 0.3 is 0 Å². The summed E-state index contributed by atoms with van der Waals surface area (Å²) in [5.74, 6) is 0.0900. The number of nitrogens with one attached hydrogen (secondary N) is 1. The fourth-order valence-electron chi connectivity index (χ4n) is 1.98. The zero-order valence-electron chi connectivity index (χ0n) is 9.39. The van der Waals surface area contributed by atoms with Gasteiger partial charge in [-0.2, -0.15) is 0 Å². The van der Waals surface area contributed by atoms with Gasteiger partial charge in [0.2, 0.25) is 5.91 Å². The van der Waals surface area contributed by atoms with Crippen molar-refractivity contribution in [2.45, 2.75) is 18.8 Å². The second kappa shape index (κ2) is 4.86. The fourth-order valence-corrected chi connectivity index (χ4v) is 1.98. The minimum atomic E-state index is -0.0431. The Balaban J connectivity index is 1.84. The van der Waals surface area contributed by atoms with Crippen LogP contribution in [0.3, 0.4) is 0 Å². The summed E-state index contributed by atoms with van der Waals surface area (Å²) in [6, 6.07) is 7.93. The molecule has 1 amide bonds. The van der Waals surface area contributed by atoms with E-state index in [-0.39, 0.29) is 17.7 Å². The third kappa shape index (κ3) is 2.38. The molecule has 5 nitrogen and oxygen atoms in total. The molecular formula is C12H15N3O2. The summed E-state index contributed by atoms with van der Waals surface area (Å²) in [5, 5.41) is 14.0. The molecule has 1 aromatic carbocycles. The van der Waals surface area contributed by atoms with E-state index in [1.807, 2.05) is 24.3 Å². The summed E-state index contributed by atoms with van der Waals surface area (Å²) in [5.41, 5.74) is 7.65. The average Bonchev–Trinajstić information content (AvgIpc) is 2.30. The van der Waals surface area contributed by atoms with E-state index in [1.165, 1.54) is 5.56 Å². The van der Waals surface area contributed by atoms with E-state index >= 15 is 0 Å². The van der Waals surface area contributed by atoms with Gasteiger partial charge in [-0.25, -0.2) is 0 Å². The first kappa shape index (κ1) is 11.4. The maximum atomic E-state index is 11.8. The lowest BCUT2D eigenvalue weighted by molar-refractivity contribution is -0.123. The highest BCUT2D eigenvalue weighted by Gasteiger charge is 2.31. The lowest BCUT2D eigenvalue weighted by atomic mass is 9.77. The molecule has 0 saturated carbocycles. The summed E-state index contributed by atoms with van der Waals surface area (Å²) in [6.45, 7) is 0.396. The van der Waals surface area contributed by atoms with Gasteiger partial charge in [-0.15, -0.1) is 0 Å². The van der Waals surface area contributed by atoms with Crippen LogP contribution in [0.4, 0.5) is 0 Å². The summed E-state index contributed by atoms with van der Waals surface area (Å²) >= 11 is 0. The van der Waals surface area contributed by atoms with Gasteiger partial charge in [0.25, 0.3) is 0 Å². The van der Waals surface area contributed by atoms with E-state index in [9.17, 15) is 4.79 Å². The van der Waals surface area contributed by atoms with Gasteiger partial charge in [0.15, 0.2) is 0 Å². The molecule has 1 atom stereocenters. The van der Waals surface area contributed by atoms with Crippen molar-refractivity contribution in [3.8, 4) is 0 Å². The molecular weight excluding hydrogens is 218 g/mol. The average molecular weight is 233 g/mol. The maximum Gasteiger partial charge on any atom is 0.227 e. The first-order valence-corrected chi connectivity index (χ1v) is 5.54. The van der Waals surface area contributed by atoms with Crippen molar-refractivity contribution in [3.05, 3.63) is 35.4 Å². The predicted molar refractivity (Wildman–Crippen MR) is 63.9 cm³/mol. The lowest BCUT2D eigenvalue weighted by Gasteiger charge is -2.28. The number of hydrogen-bond acceptors (Lipinski definition) is 3. The Labute approximate surface area is 99.3 Å². The van der Waals surface area contributed by atoms with Crippen LogP contribution in [-0.2, 0) is 11.2 Å². The van der Waals surface area contributed by atoms with Gasteiger partial charge in [-0.05, 0) is 17.5 Å². The third-order valence-corrected chi connectivity index (χ3v) is 2.98. The Morgan fingerprint density at radius 3 is 3.00 bits per heavy atom. The number of benzene rings is 1. The van der Waals surface area contributed by atoms with Crippen molar-refractivity contribution in [3.63, 3.8) is 0 Å². The Kier molecular flexibility index (Phi) is 3.27. The van der Waals surface area contributed by atoms with Crippen LogP contribution >= 0.6 is 0 Å². The van der Waals surface area contributed by atoms with Crippen molar-refractivity contribution >= 4 is 11.7 Å². The molecule has 0 spiro atoms. The number of hydrogen-bond donors (Lipinski definition) is 3. The molecule has 0 saturated heterocycles. The van der Waals surface area contributed by atoms with Crippen molar-refractivity contribution in [1.29, 1.82) is 0 Å². The zero-order valence-corrected chi connectivity index (χ0v) is 9.39. The predicted octanol–water partition coefficient (Wildman–Crippen LogP) is 0.579. The number of fused-ring (bicyclic) bond motifs is 1. The Hall–Kier alpha value is -2.04. The molecule has 1 aliphatic carbocycles. The Morgan fingerprint density at radius 1 is 1.53 bits per heavy atom. The summed E-state index contributed by atoms with van der Waals surface area (Å²) in [4.78, 5) is 11.8. The summed E-state index contributed by atoms with van der Waals surface area (Å²) < 4.78 is 0. The van der Waals surface area contributed by atoms with Crippen LogP contribution < -0.4 is 11.1 Å². The molecule has 0 aliphatic heterocycles. The van der Waals surface area contributed by atoms with Crippen LogP contribution in [0.2, 0.25) is 0 Å². The normalized spacial score (nSPS) is 18.1. The highest BCUT2D eigenvalue weighted by atomic mass is 16.4. The molecule has 17 heavy (non-hydrogen) atoms.